The molecule has 1 N–H and O–H groups in total. The van der Waals surface area contributed by atoms with Gasteiger partial charge in [-0.1, -0.05) is 25.1 Å². The molecule has 1 amide bonds. The summed E-state index contributed by atoms with van der Waals surface area (Å²) in [5.41, 5.74) is 3.94. The molecule has 2 heterocycles. The fourth-order valence-electron chi connectivity index (χ4n) is 2.98. The van der Waals surface area contributed by atoms with Gasteiger partial charge in [-0.15, -0.1) is 0 Å². The van der Waals surface area contributed by atoms with Crippen molar-refractivity contribution in [2.45, 2.75) is 32.6 Å². The van der Waals surface area contributed by atoms with Crippen LogP contribution in [0.3, 0.4) is 0 Å². The molecule has 3 rings (SSSR count). The van der Waals surface area contributed by atoms with Gasteiger partial charge in [0.05, 0.1) is 0 Å². The number of amides is 1. The Morgan fingerprint density at radius 3 is 2.89 bits per heavy atom. The number of nitrogens with one attached hydrogen (secondary N) is 1. The third-order valence-corrected chi connectivity index (χ3v) is 3.98. The van der Waals surface area contributed by atoms with E-state index in [1.54, 1.807) is 0 Å². The zero-order valence-corrected chi connectivity index (χ0v) is 11.4. The second-order valence-corrected chi connectivity index (χ2v) is 5.26. The summed E-state index contributed by atoms with van der Waals surface area (Å²) >= 11 is 0. The third kappa shape index (κ3) is 2.25. The second kappa shape index (κ2) is 5.08. The number of hydrogen-bond donors (Lipinski definition) is 1. The molecule has 0 atom stereocenters. The van der Waals surface area contributed by atoms with Crippen molar-refractivity contribution in [3.05, 3.63) is 35.5 Å². The quantitative estimate of drug-likeness (QED) is 0.881. The molecule has 2 aromatic rings. The zero-order chi connectivity index (χ0) is 13.2. The van der Waals surface area contributed by atoms with Crippen molar-refractivity contribution in [1.29, 1.82) is 0 Å². The summed E-state index contributed by atoms with van der Waals surface area (Å²) in [6, 6.07) is 8.45. The van der Waals surface area contributed by atoms with Crippen molar-refractivity contribution in [1.82, 2.24) is 9.88 Å². The maximum atomic E-state index is 12.0. The molecule has 0 radical (unpaired) electrons. The van der Waals surface area contributed by atoms with Gasteiger partial charge >= 0.3 is 0 Å². The minimum atomic E-state index is 0.303. The largest absolute Gasteiger partial charge is 0.358 e. The molecule has 0 saturated carbocycles. The van der Waals surface area contributed by atoms with Crippen molar-refractivity contribution in [2.75, 3.05) is 13.1 Å². The minimum absolute atomic E-state index is 0.303. The van der Waals surface area contributed by atoms with E-state index in [9.17, 15) is 4.79 Å². The van der Waals surface area contributed by atoms with Crippen LogP contribution in [0, 0.1) is 0 Å². The molecular formula is C16H20N2O. The monoisotopic (exact) mass is 256 g/mol. The van der Waals surface area contributed by atoms with Gasteiger partial charge in [0.25, 0.3) is 0 Å². The van der Waals surface area contributed by atoms with E-state index in [4.69, 9.17) is 0 Å². The van der Waals surface area contributed by atoms with Crippen LogP contribution >= 0.6 is 0 Å². The highest BCUT2D eigenvalue weighted by molar-refractivity contribution is 5.85. The Balaban J connectivity index is 1.85. The first-order valence-electron chi connectivity index (χ1n) is 7.16. The molecule has 0 saturated heterocycles. The fourth-order valence-corrected chi connectivity index (χ4v) is 2.98. The highest BCUT2D eigenvalue weighted by atomic mass is 16.2. The number of benzene rings is 1. The SMILES string of the molecule is CCCC(=O)N1CCc2[nH]c3ccccc3c2CC1. The molecule has 1 aromatic heterocycles. The second-order valence-electron chi connectivity index (χ2n) is 5.26. The number of hydrogen-bond acceptors (Lipinski definition) is 1. The van der Waals surface area contributed by atoms with Crippen molar-refractivity contribution in [2.24, 2.45) is 0 Å². The number of aromatic amines is 1. The Labute approximate surface area is 113 Å². The zero-order valence-electron chi connectivity index (χ0n) is 11.4. The van der Waals surface area contributed by atoms with Gasteiger partial charge in [-0.05, 0) is 24.5 Å². The summed E-state index contributed by atoms with van der Waals surface area (Å²) in [5.74, 6) is 0.303. The molecule has 3 nitrogen and oxygen atoms in total. The summed E-state index contributed by atoms with van der Waals surface area (Å²) < 4.78 is 0. The number of fused-ring (bicyclic) bond motifs is 3. The van der Waals surface area contributed by atoms with E-state index in [1.165, 1.54) is 22.2 Å². The van der Waals surface area contributed by atoms with Gasteiger partial charge in [-0.3, -0.25) is 4.79 Å². The number of aromatic nitrogens is 1. The molecule has 3 heteroatoms. The predicted molar refractivity (Wildman–Crippen MR) is 77.2 cm³/mol. The van der Waals surface area contributed by atoms with Crippen LogP contribution in [-0.4, -0.2) is 28.9 Å². The lowest BCUT2D eigenvalue weighted by Crippen LogP contribution is -2.33. The van der Waals surface area contributed by atoms with Crippen LogP contribution in [0.1, 0.15) is 31.0 Å². The van der Waals surface area contributed by atoms with Gasteiger partial charge in [0.2, 0.25) is 5.91 Å². The molecule has 1 aromatic carbocycles. The van der Waals surface area contributed by atoms with Crippen molar-refractivity contribution in [3.63, 3.8) is 0 Å². The Kier molecular flexibility index (Phi) is 3.28. The van der Waals surface area contributed by atoms with Crippen LogP contribution in [0.15, 0.2) is 24.3 Å². The molecule has 0 spiro atoms. The Morgan fingerprint density at radius 1 is 1.26 bits per heavy atom. The maximum absolute atomic E-state index is 12.0. The number of nitrogens with zero attached hydrogens (tertiary/aromatic N) is 1. The van der Waals surface area contributed by atoms with Crippen LogP contribution in [0.25, 0.3) is 10.9 Å². The summed E-state index contributed by atoms with van der Waals surface area (Å²) in [4.78, 5) is 17.5. The first kappa shape index (κ1) is 12.3. The molecule has 1 aliphatic rings. The molecule has 0 unspecified atom stereocenters. The number of H-pyrrole nitrogens is 1. The molecule has 1 aliphatic heterocycles. The van der Waals surface area contributed by atoms with Gasteiger partial charge in [0.15, 0.2) is 0 Å². The van der Waals surface area contributed by atoms with Crippen molar-refractivity contribution >= 4 is 16.8 Å². The Morgan fingerprint density at radius 2 is 2.05 bits per heavy atom. The number of carbonyl (C=O) groups is 1. The Hall–Kier alpha value is -1.77. The molecule has 0 fully saturated rings. The van der Waals surface area contributed by atoms with E-state index in [0.29, 0.717) is 12.3 Å². The van der Waals surface area contributed by atoms with E-state index >= 15 is 0 Å². The topological polar surface area (TPSA) is 36.1 Å². The summed E-state index contributed by atoms with van der Waals surface area (Å²) in [7, 11) is 0. The predicted octanol–water partition coefficient (Wildman–Crippen LogP) is 2.90. The van der Waals surface area contributed by atoms with Crippen LogP contribution < -0.4 is 0 Å². The molecular weight excluding hydrogens is 236 g/mol. The molecule has 0 bridgehead atoms. The highest BCUT2D eigenvalue weighted by Gasteiger charge is 2.20. The van der Waals surface area contributed by atoms with Crippen molar-refractivity contribution in [3.8, 4) is 0 Å². The number of carbonyl (C=O) groups excluding carboxylic acids is 1. The Bertz CT molecular complexity index is 600. The minimum Gasteiger partial charge on any atom is -0.358 e. The standard InChI is InChI=1S/C16H20N2O/c1-2-5-16(19)18-10-8-13-12-6-3-4-7-14(12)17-15(13)9-11-18/h3-4,6-7,17H,2,5,8-11H2,1H3. The average Bonchev–Trinajstić information content (AvgIpc) is 2.63. The van der Waals surface area contributed by atoms with Gasteiger partial charge in [0, 0.05) is 42.5 Å². The number of rotatable bonds is 2. The van der Waals surface area contributed by atoms with Gasteiger partial charge < -0.3 is 9.88 Å². The van der Waals surface area contributed by atoms with Crippen LogP contribution in [0.4, 0.5) is 0 Å². The van der Waals surface area contributed by atoms with Crippen LogP contribution in [0.2, 0.25) is 0 Å². The smallest absolute Gasteiger partial charge is 0.222 e. The molecule has 0 aliphatic carbocycles. The molecule has 19 heavy (non-hydrogen) atoms. The lowest BCUT2D eigenvalue weighted by atomic mass is 10.1. The van der Waals surface area contributed by atoms with Crippen LogP contribution in [0.5, 0.6) is 0 Å². The normalized spacial score (nSPS) is 15.3. The van der Waals surface area contributed by atoms with E-state index in [0.717, 1.165) is 32.4 Å². The molecule has 100 valence electrons. The first-order valence-corrected chi connectivity index (χ1v) is 7.16. The van der Waals surface area contributed by atoms with Gasteiger partial charge in [-0.2, -0.15) is 0 Å². The van der Waals surface area contributed by atoms with Gasteiger partial charge in [0.1, 0.15) is 0 Å². The van der Waals surface area contributed by atoms with E-state index in [2.05, 4.69) is 36.2 Å². The lowest BCUT2D eigenvalue weighted by Gasteiger charge is -2.19. The average molecular weight is 256 g/mol. The highest BCUT2D eigenvalue weighted by Crippen LogP contribution is 2.25. The maximum Gasteiger partial charge on any atom is 0.222 e. The lowest BCUT2D eigenvalue weighted by molar-refractivity contribution is -0.131. The van der Waals surface area contributed by atoms with Crippen molar-refractivity contribution < 1.29 is 4.79 Å². The van der Waals surface area contributed by atoms with E-state index in [1.807, 2.05) is 4.90 Å². The summed E-state index contributed by atoms with van der Waals surface area (Å²) in [5, 5.41) is 1.32. The number of para-hydroxylation sites is 1. The van der Waals surface area contributed by atoms with E-state index < -0.39 is 0 Å². The van der Waals surface area contributed by atoms with Crippen LogP contribution in [-0.2, 0) is 17.6 Å². The summed E-state index contributed by atoms with van der Waals surface area (Å²) in [6.07, 6.45) is 3.52. The third-order valence-electron chi connectivity index (χ3n) is 3.98. The summed E-state index contributed by atoms with van der Waals surface area (Å²) in [6.45, 7) is 3.76. The fraction of sp³-hybridized carbons (Fsp3) is 0.438. The van der Waals surface area contributed by atoms with Gasteiger partial charge in [-0.25, -0.2) is 0 Å². The van der Waals surface area contributed by atoms with E-state index in [-0.39, 0.29) is 0 Å². The first-order chi connectivity index (χ1) is 9.29.